The minimum absolute atomic E-state index is 0.209. The monoisotopic (exact) mass is 873 g/mol. The lowest BCUT2D eigenvalue weighted by Gasteiger charge is -2.30. The van der Waals surface area contributed by atoms with Crippen molar-refractivity contribution >= 4 is 52.9 Å². The molecule has 16 heteroatoms. The summed E-state index contributed by atoms with van der Waals surface area (Å²) in [7, 11) is 2.48. The summed E-state index contributed by atoms with van der Waals surface area (Å²) in [4.78, 5) is 84.4. The van der Waals surface area contributed by atoms with E-state index < -0.39 is 36.4 Å². The number of rotatable bonds is 15. The van der Waals surface area contributed by atoms with Crippen LogP contribution in [0.2, 0.25) is 0 Å². The van der Waals surface area contributed by atoms with E-state index in [1.807, 2.05) is 84.9 Å². The molecule has 64 heavy (non-hydrogen) atoms. The highest BCUT2D eigenvalue weighted by molar-refractivity contribution is 6.00. The van der Waals surface area contributed by atoms with Gasteiger partial charge in [0.25, 0.3) is 5.91 Å². The molecule has 3 aliphatic rings. The molecule has 0 bridgehead atoms. The molecule has 7 rings (SSSR count). The van der Waals surface area contributed by atoms with Crippen LogP contribution in [0.4, 0.5) is 26.7 Å². The van der Waals surface area contributed by atoms with E-state index >= 15 is 0 Å². The van der Waals surface area contributed by atoms with Crippen molar-refractivity contribution in [3.63, 3.8) is 0 Å². The van der Waals surface area contributed by atoms with Crippen LogP contribution in [-0.4, -0.2) is 104 Å². The highest BCUT2D eigenvalue weighted by Gasteiger charge is 2.42. The number of para-hydroxylation sites is 1. The van der Waals surface area contributed by atoms with Crippen molar-refractivity contribution in [2.24, 2.45) is 5.92 Å². The Morgan fingerprint density at radius 1 is 0.641 bits per heavy atom. The van der Waals surface area contributed by atoms with Crippen LogP contribution >= 0.6 is 0 Å². The van der Waals surface area contributed by atoms with Gasteiger partial charge in [0.2, 0.25) is 17.7 Å². The number of likely N-dealkylation sites (tertiary alicyclic amines) is 2. The Kier molecular flexibility index (Phi) is 15.1. The van der Waals surface area contributed by atoms with E-state index in [0.29, 0.717) is 88.4 Å². The maximum Gasteiger partial charge on any atom is 0.407 e. The largest absolute Gasteiger partial charge is 0.453 e. The van der Waals surface area contributed by atoms with Crippen LogP contribution < -0.4 is 26.2 Å². The number of hydrogen-bond acceptors (Lipinski definition) is 10. The van der Waals surface area contributed by atoms with Gasteiger partial charge in [-0.3, -0.25) is 19.2 Å². The molecule has 3 saturated heterocycles. The number of ether oxygens (including phenoxy) is 3. The number of hydrogen-bond donors (Lipinski definition) is 4. The number of nitrogens with one attached hydrogen (secondary N) is 4. The van der Waals surface area contributed by atoms with Gasteiger partial charge in [-0.25, -0.2) is 9.59 Å². The SMILES string of the molecule is COC(=O)N[C@H](C(=O)N1CCCC1C(=O)Nc1ccc(CN(Cc2ccc(NC(=O)[C@@H]3CCCN3C(=O)[C@H](NC(=O)OC)c3ccccc3)cc2)c2ccccc2)cc1)[C@H]1CCOC1. The third kappa shape index (κ3) is 11.2. The van der Waals surface area contributed by atoms with Gasteiger partial charge in [0.05, 0.1) is 20.8 Å². The Bertz CT molecular complexity index is 2240. The number of amides is 6. The minimum Gasteiger partial charge on any atom is -0.453 e. The molecule has 0 saturated carbocycles. The standard InChI is InChI=1S/C48H55N7O9/c1-62-47(60)51-41(34-11-5-3-6-12-34)45(58)54-26-9-15-39(54)43(56)49-36-21-17-32(18-22-36)29-53(38-13-7-4-8-14-38)30-33-19-23-37(24-20-33)50-44(57)40-16-10-27-55(40)46(59)42(52-48(61)63-2)35-25-28-64-31-35/h3-8,11-14,17-24,35,39-42H,9-10,15-16,25-31H2,1-2H3,(H,49,56)(H,50,57)(H,51,60)(H,52,61)/t35-,39-,40?,41+,42-/m0/s1. The smallest absolute Gasteiger partial charge is 0.407 e. The molecule has 4 aromatic carbocycles. The minimum atomic E-state index is -1.00. The zero-order valence-corrected chi connectivity index (χ0v) is 36.1. The van der Waals surface area contributed by atoms with E-state index in [1.165, 1.54) is 19.1 Å². The molecular weight excluding hydrogens is 819 g/mol. The molecule has 0 aliphatic carbocycles. The van der Waals surface area contributed by atoms with Crippen LogP contribution in [-0.2, 0) is 46.5 Å². The van der Waals surface area contributed by atoms with Gasteiger partial charge in [0.15, 0.2) is 0 Å². The van der Waals surface area contributed by atoms with Crippen LogP contribution in [0.3, 0.4) is 0 Å². The summed E-state index contributed by atoms with van der Waals surface area (Å²) in [5.74, 6) is -1.50. The summed E-state index contributed by atoms with van der Waals surface area (Å²) in [6.45, 7) is 2.74. The van der Waals surface area contributed by atoms with Crippen LogP contribution in [0.1, 0.15) is 54.8 Å². The number of methoxy groups -OCH3 is 2. The summed E-state index contributed by atoms with van der Waals surface area (Å²) in [5, 5.41) is 11.3. The Balaban J connectivity index is 0.965. The molecule has 3 heterocycles. The molecular formula is C48H55N7O9. The first-order valence-corrected chi connectivity index (χ1v) is 21.6. The van der Waals surface area contributed by atoms with Crippen LogP contribution in [0, 0.1) is 5.92 Å². The fourth-order valence-electron chi connectivity index (χ4n) is 8.60. The Morgan fingerprint density at radius 2 is 1.14 bits per heavy atom. The summed E-state index contributed by atoms with van der Waals surface area (Å²) in [6.07, 6.45) is 1.48. The predicted molar refractivity (Wildman–Crippen MR) is 239 cm³/mol. The fourth-order valence-corrected chi connectivity index (χ4v) is 8.60. The molecule has 336 valence electrons. The van der Waals surface area contributed by atoms with E-state index in [2.05, 4.69) is 26.2 Å². The number of alkyl carbamates (subject to hydrolysis) is 2. The maximum absolute atomic E-state index is 13.8. The van der Waals surface area contributed by atoms with Crippen molar-refractivity contribution < 1.29 is 43.0 Å². The maximum atomic E-state index is 13.8. The second-order valence-electron chi connectivity index (χ2n) is 16.2. The Hall–Kier alpha value is -6.94. The fraction of sp³-hybridized carbons (Fsp3) is 0.375. The van der Waals surface area contributed by atoms with Crippen molar-refractivity contribution in [2.45, 2.75) is 69.4 Å². The van der Waals surface area contributed by atoms with E-state index in [4.69, 9.17) is 14.2 Å². The van der Waals surface area contributed by atoms with Gasteiger partial charge >= 0.3 is 12.2 Å². The highest BCUT2D eigenvalue weighted by Crippen LogP contribution is 2.28. The first-order chi connectivity index (χ1) is 31.1. The molecule has 0 radical (unpaired) electrons. The molecule has 0 aromatic heterocycles. The zero-order chi connectivity index (χ0) is 45.0. The normalized spacial score (nSPS) is 18.9. The van der Waals surface area contributed by atoms with E-state index in [-0.39, 0.29) is 29.5 Å². The predicted octanol–water partition coefficient (Wildman–Crippen LogP) is 5.61. The van der Waals surface area contributed by atoms with Crippen molar-refractivity contribution in [1.29, 1.82) is 0 Å². The lowest BCUT2D eigenvalue weighted by molar-refractivity contribution is -0.139. The third-order valence-corrected chi connectivity index (χ3v) is 12.0. The van der Waals surface area contributed by atoms with E-state index in [0.717, 1.165) is 16.8 Å². The van der Waals surface area contributed by atoms with Gasteiger partial charge in [-0.2, -0.15) is 0 Å². The van der Waals surface area contributed by atoms with Gasteiger partial charge in [-0.1, -0.05) is 72.8 Å². The van der Waals surface area contributed by atoms with E-state index in [9.17, 15) is 28.8 Å². The summed E-state index contributed by atoms with van der Waals surface area (Å²) in [5.41, 5.74) is 4.80. The third-order valence-electron chi connectivity index (χ3n) is 12.0. The van der Waals surface area contributed by atoms with Crippen molar-refractivity contribution in [2.75, 3.05) is 56.1 Å². The van der Waals surface area contributed by atoms with Crippen molar-refractivity contribution in [3.05, 3.63) is 126 Å². The average Bonchev–Trinajstić information content (AvgIpc) is 4.15. The lowest BCUT2D eigenvalue weighted by Crippen LogP contribution is -2.55. The van der Waals surface area contributed by atoms with E-state index in [1.54, 1.807) is 29.2 Å². The quantitative estimate of drug-likeness (QED) is 0.117. The molecule has 4 aromatic rings. The average molecular weight is 874 g/mol. The summed E-state index contributed by atoms with van der Waals surface area (Å²) < 4.78 is 15.1. The molecule has 3 fully saturated rings. The van der Waals surface area contributed by atoms with Gasteiger partial charge in [-0.15, -0.1) is 0 Å². The lowest BCUT2D eigenvalue weighted by atomic mass is 9.97. The molecule has 5 atom stereocenters. The number of carbonyl (C=O) groups is 6. The number of carbonyl (C=O) groups excluding carboxylic acids is 6. The molecule has 3 aliphatic heterocycles. The first kappa shape index (κ1) is 45.1. The number of benzene rings is 4. The van der Waals surface area contributed by atoms with Gasteiger partial charge in [0.1, 0.15) is 24.2 Å². The first-order valence-electron chi connectivity index (χ1n) is 21.6. The molecule has 6 amide bonds. The van der Waals surface area contributed by atoms with Crippen LogP contribution in [0.5, 0.6) is 0 Å². The Morgan fingerprint density at radius 3 is 1.64 bits per heavy atom. The van der Waals surface area contributed by atoms with Gasteiger partial charge < -0.3 is 50.2 Å². The van der Waals surface area contributed by atoms with Crippen LogP contribution in [0.15, 0.2) is 109 Å². The summed E-state index contributed by atoms with van der Waals surface area (Å²) >= 11 is 0. The van der Waals surface area contributed by atoms with Crippen molar-refractivity contribution in [3.8, 4) is 0 Å². The number of anilines is 3. The molecule has 0 spiro atoms. The highest BCUT2D eigenvalue weighted by atomic mass is 16.5. The second-order valence-corrected chi connectivity index (χ2v) is 16.2. The van der Waals surface area contributed by atoms with Gasteiger partial charge in [-0.05, 0) is 85.2 Å². The van der Waals surface area contributed by atoms with Gasteiger partial charge in [0, 0.05) is 55.8 Å². The van der Waals surface area contributed by atoms with Crippen LogP contribution in [0.25, 0.3) is 0 Å². The molecule has 1 unspecified atom stereocenters. The molecule has 16 nitrogen and oxygen atoms in total. The molecule has 4 N–H and O–H groups in total. The number of nitrogens with zero attached hydrogens (tertiary/aromatic N) is 3. The topological polar surface area (TPSA) is 188 Å². The van der Waals surface area contributed by atoms with Crippen molar-refractivity contribution in [1.82, 2.24) is 20.4 Å². The Labute approximate surface area is 372 Å². The summed E-state index contributed by atoms with van der Waals surface area (Å²) in [6, 6.07) is 30.9. The second kappa shape index (κ2) is 21.4. The zero-order valence-electron chi connectivity index (χ0n) is 36.1.